The van der Waals surface area contributed by atoms with Gasteiger partial charge in [-0.1, -0.05) is 96.8 Å². The molecule has 2 heterocycles. The summed E-state index contributed by atoms with van der Waals surface area (Å²) in [6.07, 6.45) is 24.7. The summed E-state index contributed by atoms with van der Waals surface area (Å²) in [6, 6.07) is 0. The zero-order valence-corrected chi connectivity index (χ0v) is 24.2. The van der Waals surface area contributed by atoms with Gasteiger partial charge in [-0.3, -0.25) is 4.98 Å². The second kappa shape index (κ2) is 15.9. The summed E-state index contributed by atoms with van der Waals surface area (Å²) in [5.74, 6) is 0.358. The number of aryl methyl sites for hydroxylation is 1. The molecule has 0 saturated carbocycles. The largest absolute Gasteiger partial charge is 0.461 e. The number of quaternary nitrogens is 1. The fraction of sp³-hybridized carbons (Fsp3) is 0.839. The van der Waals surface area contributed by atoms with E-state index >= 15 is 0 Å². The second-order valence-electron chi connectivity index (χ2n) is 12.1. The first-order valence-electron chi connectivity index (χ1n) is 14.9. The van der Waals surface area contributed by atoms with Gasteiger partial charge in [0.1, 0.15) is 12.3 Å². The van der Waals surface area contributed by atoms with E-state index in [4.69, 9.17) is 9.47 Å². The average Bonchev–Trinajstić information content (AvgIpc) is 2.80. The van der Waals surface area contributed by atoms with Gasteiger partial charge in [0.25, 0.3) is 0 Å². The molecule has 1 aromatic rings. The van der Waals surface area contributed by atoms with Crippen molar-refractivity contribution in [2.45, 2.75) is 149 Å². The van der Waals surface area contributed by atoms with Crippen LogP contribution in [0.25, 0.3) is 0 Å². The molecular formula is C31H57N2O2+. The van der Waals surface area contributed by atoms with Crippen LogP contribution in [0.1, 0.15) is 140 Å². The van der Waals surface area contributed by atoms with Crippen LogP contribution in [-0.4, -0.2) is 35.9 Å². The molecule has 0 spiro atoms. The van der Waals surface area contributed by atoms with Crippen molar-refractivity contribution in [3.63, 3.8) is 0 Å². The van der Waals surface area contributed by atoms with Crippen LogP contribution in [0.3, 0.4) is 0 Å². The highest BCUT2D eigenvalue weighted by molar-refractivity contribution is 5.42. The predicted octanol–water partition coefficient (Wildman–Crippen LogP) is 8.87. The lowest BCUT2D eigenvalue weighted by Gasteiger charge is -2.36. The minimum atomic E-state index is -0.573. The van der Waals surface area contributed by atoms with Crippen molar-refractivity contribution in [3.05, 3.63) is 23.0 Å². The molecule has 0 N–H and O–H groups in total. The number of fused-ring (bicyclic) bond motifs is 1. The van der Waals surface area contributed by atoms with Crippen LogP contribution in [0.2, 0.25) is 0 Å². The zero-order valence-electron chi connectivity index (χ0n) is 24.2. The molecule has 202 valence electrons. The number of hydrogen-bond donors (Lipinski definition) is 0. The third-order valence-electron chi connectivity index (χ3n) is 7.53. The highest BCUT2D eigenvalue weighted by Gasteiger charge is 2.32. The van der Waals surface area contributed by atoms with E-state index in [1.165, 1.54) is 120 Å². The minimum absolute atomic E-state index is 0.573. The molecule has 0 aromatic carbocycles. The Kier molecular flexibility index (Phi) is 13.6. The van der Waals surface area contributed by atoms with E-state index in [-0.39, 0.29) is 0 Å². The summed E-state index contributed by atoms with van der Waals surface area (Å²) in [5, 5.41) is 0. The summed E-state index contributed by atoms with van der Waals surface area (Å²) in [5.41, 5.74) is 3.42. The van der Waals surface area contributed by atoms with Crippen LogP contribution in [-0.2, 0) is 17.9 Å². The Morgan fingerprint density at radius 1 is 0.800 bits per heavy atom. The molecule has 2 rings (SSSR count). The van der Waals surface area contributed by atoms with Gasteiger partial charge in [-0.25, -0.2) is 0 Å². The molecule has 0 radical (unpaired) electrons. The van der Waals surface area contributed by atoms with Gasteiger partial charge in [-0.2, -0.15) is 0 Å². The standard InChI is InChI=1S/C31H57N2O2/c1-7-8-9-10-11-12-13-14-15-16-17-18-19-20-21-22-23-33(5,6)25-28-24-32-27(2)30-29(28)26-34-31(3,4)35-30/h24H,7-23,25-26H2,1-6H3/q+1. The summed E-state index contributed by atoms with van der Waals surface area (Å²) in [6.45, 7) is 11.1. The third-order valence-corrected chi connectivity index (χ3v) is 7.53. The van der Waals surface area contributed by atoms with Crippen molar-refractivity contribution in [2.24, 2.45) is 0 Å². The lowest BCUT2D eigenvalue weighted by atomic mass is 10.0. The van der Waals surface area contributed by atoms with Gasteiger partial charge < -0.3 is 14.0 Å². The zero-order chi connectivity index (χ0) is 25.6. The van der Waals surface area contributed by atoms with Gasteiger partial charge >= 0.3 is 0 Å². The fourth-order valence-electron chi connectivity index (χ4n) is 5.25. The van der Waals surface area contributed by atoms with Crippen molar-refractivity contribution in [2.75, 3.05) is 20.6 Å². The fourth-order valence-corrected chi connectivity index (χ4v) is 5.25. The molecule has 1 aliphatic rings. The predicted molar refractivity (Wildman–Crippen MR) is 149 cm³/mol. The summed E-state index contributed by atoms with van der Waals surface area (Å²) < 4.78 is 13.0. The molecule has 1 aliphatic heterocycles. The molecule has 0 aliphatic carbocycles. The molecule has 0 amide bonds. The van der Waals surface area contributed by atoms with Crippen LogP contribution in [0.5, 0.6) is 5.75 Å². The first-order chi connectivity index (χ1) is 16.7. The number of pyridine rings is 1. The number of aromatic nitrogens is 1. The normalized spacial score (nSPS) is 15.1. The van der Waals surface area contributed by atoms with Crippen LogP contribution < -0.4 is 4.74 Å². The molecule has 0 bridgehead atoms. The minimum Gasteiger partial charge on any atom is -0.461 e. The maximum absolute atomic E-state index is 6.11. The van der Waals surface area contributed by atoms with Gasteiger partial charge in [-0.15, -0.1) is 0 Å². The Balaban J connectivity index is 1.52. The van der Waals surface area contributed by atoms with Gasteiger partial charge in [0.15, 0.2) is 0 Å². The monoisotopic (exact) mass is 489 g/mol. The molecule has 4 heteroatoms. The van der Waals surface area contributed by atoms with Crippen molar-refractivity contribution in [3.8, 4) is 5.75 Å². The Hall–Kier alpha value is -1.13. The quantitative estimate of drug-likeness (QED) is 0.144. The summed E-state index contributed by atoms with van der Waals surface area (Å²) in [4.78, 5) is 4.63. The molecule has 0 unspecified atom stereocenters. The number of unbranched alkanes of at least 4 members (excludes halogenated alkanes) is 15. The van der Waals surface area contributed by atoms with E-state index in [1.807, 2.05) is 27.0 Å². The Bertz CT molecular complexity index is 714. The van der Waals surface area contributed by atoms with Crippen molar-refractivity contribution >= 4 is 0 Å². The molecule has 0 atom stereocenters. The van der Waals surface area contributed by atoms with Crippen LogP contribution in [0.4, 0.5) is 0 Å². The lowest BCUT2D eigenvalue weighted by molar-refractivity contribution is -0.903. The van der Waals surface area contributed by atoms with Crippen LogP contribution in [0, 0.1) is 6.92 Å². The number of ether oxygens (including phenoxy) is 2. The molecule has 1 aromatic heterocycles. The van der Waals surface area contributed by atoms with Gasteiger partial charge in [0, 0.05) is 31.2 Å². The highest BCUT2D eigenvalue weighted by atomic mass is 16.7. The van der Waals surface area contributed by atoms with E-state index in [0.717, 1.165) is 22.5 Å². The third kappa shape index (κ3) is 12.1. The van der Waals surface area contributed by atoms with E-state index in [0.29, 0.717) is 6.61 Å². The topological polar surface area (TPSA) is 31.4 Å². The Labute approximate surface area is 217 Å². The summed E-state index contributed by atoms with van der Waals surface area (Å²) in [7, 11) is 4.68. The smallest absolute Gasteiger partial charge is 0.205 e. The Morgan fingerprint density at radius 3 is 1.80 bits per heavy atom. The Morgan fingerprint density at radius 2 is 1.29 bits per heavy atom. The average molecular weight is 490 g/mol. The molecule has 4 nitrogen and oxygen atoms in total. The van der Waals surface area contributed by atoms with E-state index < -0.39 is 5.79 Å². The van der Waals surface area contributed by atoms with E-state index in [9.17, 15) is 0 Å². The van der Waals surface area contributed by atoms with E-state index in [2.05, 4.69) is 26.0 Å². The maximum atomic E-state index is 6.11. The van der Waals surface area contributed by atoms with Crippen molar-refractivity contribution in [1.29, 1.82) is 0 Å². The van der Waals surface area contributed by atoms with Crippen LogP contribution in [0.15, 0.2) is 6.20 Å². The van der Waals surface area contributed by atoms with Crippen molar-refractivity contribution in [1.82, 2.24) is 4.98 Å². The maximum Gasteiger partial charge on any atom is 0.205 e. The van der Waals surface area contributed by atoms with E-state index in [1.54, 1.807) is 0 Å². The van der Waals surface area contributed by atoms with Gasteiger partial charge in [0.2, 0.25) is 5.79 Å². The highest BCUT2D eigenvalue weighted by Crippen LogP contribution is 2.35. The first-order valence-corrected chi connectivity index (χ1v) is 14.9. The summed E-state index contributed by atoms with van der Waals surface area (Å²) >= 11 is 0. The lowest BCUT2D eigenvalue weighted by Crippen LogP contribution is -2.41. The van der Waals surface area contributed by atoms with Gasteiger partial charge in [0.05, 0.1) is 32.9 Å². The molecule has 0 fully saturated rings. The second-order valence-corrected chi connectivity index (χ2v) is 12.1. The first kappa shape index (κ1) is 30.1. The molecule has 0 saturated heterocycles. The van der Waals surface area contributed by atoms with Gasteiger partial charge in [-0.05, 0) is 19.8 Å². The number of rotatable bonds is 19. The van der Waals surface area contributed by atoms with Crippen LogP contribution >= 0.6 is 0 Å². The number of nitrogens with zero attached hydrogens (tertiary/aromatic N) is 2. The molecule has 35 heavy (non-hydrogen) atoms. The number of hydrogen-bond acceptors (Lipinski definition) is 3. The van der Waals surface area contributed by atoms with Crippen molar-refractivity contribution < 1.29 is 14.0 Å². The molecular weight excluding hydrogens is 432 g/mol. The SMILES string of the molecule is CCCCCCCCCCCCCCCCCC[N+](C)(C)Cc1cnc(C)c2c1COC(C)(C)O2.